The number of halogens is 2. The van der Waals surface area contributed by atoms with E-state index < -0.39 is 0 Å². The Kier molecular flexibility index (Phi) is 4.77. The maximum atomic E-state index is 6.85. The standard InChI is InChI=1S/C18H29Cl2N3S/c19-13-7-11(22-3-1-4-22)9-15-17(13)21-18-14(20)8-12(10-16(18)24-15)23-5-2-6-23/h11-18,21H,1-10H2. The van der Waals surface area contributed by atoms with Gasteiger partial charge in [0.1, 0.15) is 0 Å². The maximum absolute atomic E-state index is 6.85. The van der Waals surface area contributed by atoms with E-state index in [9.17, 15) is 0 Å². The molecule has 5 aliphatic rings. The van der Waals surface area contributed by atoms with E-state index >= 15 is 0 Å². The zero-order valence-corrected chi connectivity index (χ0v) is 16.6. The Morgan fingerprint density at radius 2 is 1.17 bits per heavy atom. The quantitative estimate of drug-likeness (QED) is 0.731. The largest absolute Gasteiger partial charge is 0.306 e. The van der Waals surface area contributed by atoms with Gasteiger partial charge in [0.05, 0.1) is 10.8 Å². The second-order valence-electron chi connectivity index (χ2n) is 8.49. The molecule has 3 saturated heterocycles. The van der Waals surface area contributed by atoms with E-state index in [1.165, 1.54) is 51.9 Å². The molecule has 0 amide bonds. The van der Waals surface area contributed by atoms with Gasteiger partial charge >= 0.3 is 0 Å². The van der Waals surface area contributed by atoms with Crippen molar-refractivity contribution < 1.29 is 0 Å². The number of fused-ring (bicyclic) bond motifs is 2. The molecule has 3 nitrogen and oxygen atoms in total. The molecular weight excluding hydrogens is 361 g/mol. The fraction of sp³-hybridized carbons (Fsp3) is 1.00. The lowest BCUT2D eigenvalue weighted by molar-refractivity contribution is 0.0722. The number of hydrogen-bond donors (Lipinski definition) is 1. The zero-order valence-electron chi connectivity index (χ0n) is 14.2. The summed E-state index contributed by atoms with van der Waals surface area (Å²) in [5, 5.41) is 5.80. The van der Waals surface area contributed by atoms with Gasteiger partial charge < -0.3 is 15.1 Å². The number of nitrogens with one attached hydrogen (secondary N) is 1. The monoisotopic (exact) mass is 389 g/mol. The molecule has 0 aromatic carbocycles. The molecule has 3 heterocycles. The van der Waals surface area contributed by atoms with Gasteiger partial charge in [0, 0.05) is 34.7 Å². The molecule has 0 aromatic heterocycles. The zero-order chi connectivity index (χ0) is 16.3. The molecule has 8 atom stereocenters. The third-order valence-electron chi connectivity index (χ3n) is 7.13. The summed E-state index contributed by atoms with van der Waals surface area (Å²) in [4.78, 5) is 5.32. The van der Waals surface area contributed by atoms with E-state index in [0.29, 0.717) is 22.6 Å². The summed E-state index contributed by atoms with van der Waals surface area (Å²) in [6.45, 7) is 5.15. The minimum Gasteiger partial charge on any atom is -0.306 e. The highest BCUT2D eigenvalue weighted by atomic mass is 35.5. The highest BCUT2D eigenvalue weighted by Crippen LogP contribution is 2.46. The molecular formula is C18H29Cl2N3S. The van der Waals surface area contributed by atoms with E-state index in [2.05, 4.69) is 26.9 Å². The van der Waals surface area contributed by atoms with Crippen molar-refractivity contribution in [3.05, 3.63) is 0 Å². The number of hydrogen-bond acceptors (Lipinski definition) is 4. The van der Waals surface area contributed by atoms with Gasteiger partial charge in [0.2, 0.25) is 0 Å². The maximum Gasteiger partial charge on any atom is 0.0515 e. The van der Waals surface area contributed by atoms with Gasteiger partial charge in [-0.1, -0.05) is 0 Å². The lowest BCUT2D eigenvalue weighted by Gasteiger charge is -2.55. The first kappa shape index (κ1) is 16.9. The molecule has 5 fully saturated rings. The van der Waals surface area contributed by atoms with Crippen molar-refractivity contribution in [3.8, 4) is 0 Å². The third-order valence-corrected chi connectivity index (χ3v) is 9.70. The fourth-order valence-corrected chi connectivity index (χ4v) is 8.53. The van der Waals surface area contributed by atoms with Crippen LogP contribution in [0, 0.1) is 0 Å². The highest BCUT2D eigenvalue weighted by Gasteiger charge is 2.50. The van der Waals surface area contributed by atoms with E-state index in [0.717, 1.165) is 24.9 Å². The van der Waals surface area contributed by atoms with Gasteiger partial charge in [-0.3, -0.25) is 0 Å². The predicted octanol–water partition coefficient (Wildman–Crippen LogP) is 2.75. The van der Waals surface area contributed by atoms with Crippen molar-refractivity contribution in [2.75, 3.05) is 26.2 Å². The molecule has 3 aliphatic heterocycles. The number of nitrogens with zero attached hydrogens (tertiary/aromatic N) is 2. The summed E-state index contributed by atoms with van der Waals surface area (Å²) in [6, 6.07) is 2.35. The number of thioether (sulfide) groups is 1. The highest BCUT2D eigenvalue weighted by molar-refractivity contribution is 8.00. The minimum atomic E-state index is 0.264. The van der Waals surface area contributed by atoms with Crippen molar-refractivity contribution in [1.82, 2.24) is 15.1 Å². The topological polar surface area (TPSA) is 18.5 Å². The molecule has 0 aromatic rings. The van der Waals surface area contributed by atoms with Crippen LogP contribution in [0.4, 0.5) is 0 Å². The fourth-order valence-electron chi connectivity index (χ4n) is 5.46. The molecule has 24 heavy (non-hydrogen) atoms. The lowest BCUT2D eigenvalue weighted by atomic mass is 9.83. The van der Waals surface area contributed by atoms with Crippen molar-refractivity contribution in [3.63, 3.8) is 0 Å². The Labute approximate surface area is 160 Å². The summed E-state index contributed by atoms with van der Waals surface area (Å²) in [5.74, 6) is 0. The SMILES string of the molecule is ClC1CC(N2CCC2)CC2SC3CC(N4CCC4)CC(Cl)C3NC12. The van der Waals surface area contributed by atoms with Crippen molar-refractivity contribution in [2.24, 2.45) is 0 Å². The van der Waals surface area contributed by atoms with Crippen molar-refractivity contribution in [1.29, 1.82) is 0 Å². The minimum absolute atomic E-state index is 0.264. The molecule has 2 saturated carbocycles. The molecule has 6 heteroatoms. The van der Waals surface area contributed by atoms with Crippen LogP contribution in [0.5, 0.6) is 0 Å². The average Bonchev–Trinajstić information content (AvgIpc) is 2.42. The van der Waals surface area contributed by atoms with Crippen LogP contribution >= 0.6 is 35.0 Å². The normalized spacial score (nSPS) is 52.8. The second kappa shape index (κ2) is 6.76. The first-order chi connectivity index (χ1) is 11.7. The molecule has 5 rings (SSSR count). The lowest BCUT2D eigenvalue weighted by Crippen LogP contribution is -2.67. The Morgan fingerprint density at radius 1 is 0.708 bits per heavy atom. The molecule has 0 spiro atoms. The van der Waals surface area contributed by atoms with Crippen LogP contribution in [-0.2, 0) is 0 Å². The molecule has 2 aliphatic carbocycles. The van der Waals surface area contributed by atoms with E-state index in [1.54, 1.807) is 0 Å². The Hall–Kier alpha value is 0.810. The molecule has 136 valence electrons. The van der Waals surface area contributed by atoms with Crippen molar-refractivity contribution >= 4 is 35.0 Å². The first-order valence-corrected chi connectivity index (χ1v) is 11.7. The van der Waals surface area contributed by atoms with Crippen LogP contribution in [0.1, 0.15) is 38.5 Å². The van der Waals surface area contributed by atoms with Gasteiger partial charge in [-0.2, -0.15) is 11.8 Å². The van der Waals surface area contributed by atoms with E-state index in [1.807, 2.05) is 0 Å². The summed E-state index contributed by atoms with van der Waals surface area (Å²) < 4.78 is 0. The van der Waals surface area contributed by atoms with Crippen LogP contribution in [0.15, 0.2) is 0 Å². The first-order valence-electron chi connectivity index (χ1n) is 9.87. The number of likely N-dealkylation sites (tertiary alicyclic amines) is 2. The summed E-state index contributed by atoms with van der Waals surface area (Å²) >= 11 is 15.9. The summed E-state index contributed by atoms with van der Waals surface area (Å²) in [6.07, 6.45) is 7.68. The molecule has 1 N–H and O–H groups in total. The average molecular weight is 390 g/mol. The Bertz CT molecular complexity index is 433. The third kappa shape index (κ3) is 2.93. The van der Waals surface area contributed by atoms with Crippen molar-refractivity contribution in [2.45, 2.75) is 83.9 Å². The summed E-state index contributed by atoms with van der Waals surface area (Å²) in [7, 11) is 0. The van der Waals surface area contributed by atoms with Gasteiger partial charge in [0.25, 0.3) is 0 Å². The molecule has 8 unspecified atom stereocenters. The van der Waals surface area contributed by atoms with Crippen LogP contribution in [-0.4, -0.2) is 81.4 Å². The summed E-state index contributed by atoms with van der Waals surface area (Å²) in [5.41, 5.74) is 0. The molecule has 0 radical (unpaired) electrons. The van der Waals surface area contributed by atoms with Gasteiger partial charge in [0.15, 0.2) is 0 Å². The van der Waals surface area contributed by atoms with Gasteiger partial charge in [-0.15, -0.1) is 23.2 Å². The van der Waals surface area contributed by atoms with Crippen LogP contribution in [0.3, 0.4) is 0 Å². The predicted molar refractivity (Wildman–Crippen MR) is 104 cm³/mol. The Morgan fingerprint density at radius 3 is 1.54 bits per heavy atom. The molecule has 0 bridgehead atoms. The van der Waals surface area contributed by atoms with Crippen LogP contribution in [0.2, 0.25) is 0 Å². The van der Waals surface area contributed by atoms with E-state index in [4.69, 9.17) is 23.2 Å². The van der Waals surface area contributed by atoms with Crippen LogP contribution < -0.4 is 5.32 Å². The second-order valence-corrected chi connectivity index (χ2v) is 11.1. The smallest absolute Gasteiger partial charge is 0.0515 e. The Balaban J connectivity index is 1.28. The van der Waals surface area contributed by atoms with E-state index in [-0.39, 0.29) is 10.8 Å². The van der Waals surface area contributed by atoms with Gasteiger partial charge in [-0.05, 0) is 64.7 Å². The van der Waals surface area contributed by atoms with Gasteiger partial charge in [-0.25, -0.2) is 0 Å². The van der Waals surface area contributed by atoms with Crippen LogP contribution in [0.25, 0.3) is 0 Å². The number of alkyl halides is 2. The number of rotatable bonds is 2.